The van der Waals surface area contributed by atoms with Crippen LogP contribution in [0.2, 0.25) is 0 Å². The van der Waals surface area contributed by atoms with Crippen LogP contribution in [0.25, 0.3) is 55.3 Å². The van der Waals surface area contributed by atoms with Crippen LogP contribution in [0.5, 0.6) is 0 Å². The van der Waals surface area contributed by atoms with E-state index >= 15 is 0 Å². The molecule has 0 aliphatic carbocycles. The molecule has 3 aromatic heterocycles. The largest absolute Gasteiger partial charge is 0.344 e. The fourth-order valence-electron chi connectivity index (χ4n) is 5.06. The molecule has 148 valence electrons. The quantitative estimate of drug-likeness (QED) is 0.314. The number of imidazole rings is 2. The molecule has 0 atom stereocenters. The third-order valence-corrected chi connectivity index (χ3v) is 6.51. The Labute approximate surface area is 178 Å². The molecule has 0 saturated carbocycles. The SMILES string of the molecule is Cc1ccc2c(c1)nc1n(-c3ccc4c(c3)c3ccccc3n4C)c3ccccc3n21. The van der Waals surface area contributed by atoms with Crippen molar-refractivity contribution in [2.75, 3.05) is 0 Å². The minimum Gasteiger partial charge on any atom is -0.344 e. The first kappa shape index (κ1) is 16.7. The van der Waals surface area contributed by atoms with Crippen molar-refractivity contribution in [2.45, 2.75) is 6.92 Å². The van der Waals surface area contributed by atoms with Crippen molar-refractivity contribution in [1.82, 2.24) is 18.5 Å². The number of nitrogens with zero attached hydrogens (tertiary/aromatic N) is 4. The molecule has 0 bridgehead atoms. The van der Waals surface area contributed by atoms with Crippen molar-refractivity contribution < 1.29 is 0 Å². The molecule has 0 radical (unpaired) electrons. The van der Waals surface area contributed by atoms with Gasteiger partial charge in [0.2, 0.25) is 5.78 Å². The van der Waals surface area contributed by atoms with Gasteiger partial charge in [-0.25, -0.2) is 4.98 Å². The number of hydrogen-bond acceptors (Lipinski definition) is 1. The van der Waals surface area contributed by atoms with Gasteiger partial charge in [-0.1, -0.05) is 36.4 Å². The molecule has 4 heteroatoms. The van der Waals surface area contributed by atoms with Gasteiger partial charge in [0, 0.05) is 34.5 Å². The first-order valence-electron chi connectivity index (χ1n) is 10.6. The number of hydrogen-bond donors (Lipinski definition) is 0. The lowest BCUT2D eigenvalue weighted by Crippen LogP contribution is -1.95. The summed E-state index contributed by atoms with van der Waals surface area (Å²) in [6.45, 7) is 2.12. The highest BCUT2D eigenvalue weighted by Crippen LogP contribution is 2.33. The van der Waals surface area contributed by atoms with E-state index in [4.69, 9.17) is 4.98 Å². The normalized spacial score (nSPS) is 12.2. The van der Waals surface area contributed by atoms with Crippen molar-refractivity contribution in [3.8, 4) is 5.69 Å². The van der Waals surface area contributed by atoms with Gasteiger partial charge in [0.1, 0.15) is 0 Å². The lowest BCUT2D eigenvalue weighted by Gasteiger charge is -2.06. The molecule has 7 rings (SSSR count). The van der Waals surface area contributed by atoms with Gasteiger partial charge < -0.3 is 4.57 Å². The van der Waals surface area contributed by atoms with Crippen molar-refractivity contribution in [2.24, 2.45) is 7.05 Å². The number of aromatic nitrogens is 4. The summed E-state index contributed by atoms with van der Waals surface area (Å²) in [5.74, 6) is 0.946. The molecular weight excluding hydrogens is 380 g/mol. The van der Waals surface area contributed by atoms with Crippen molar-refractivity contribution in [3.63, 3.8) is 0 Å². The van der Waals surface area contributed by atoms with Crippen LogP contribution in [0.4, 0.5) is 0 Å². The molecule has 0 spiro atoms. The van der Waals surface area contributed by atoms with Gasteiger partial charge in [-0.3, -0.25) is 8.97 Å². The Bertz CT molecular complexity index is 1810. The van der Waals surface area contributed by atoms with Gasteiger partial charge in [0.15, 0.2) is 0 Å². The molecule has 0 fully saturated rings. The van der Waals surface area contributed by atoms with Crippen molar-refractivity contribution in [3.05, 3.63) is 90.5 Å². The maximum atomic E-state index is 5.06. The predicted molar refractivity (Wildman–Crippen MR) is 128 cm³/mol. The molecule has 0 aliphatic heterocycles. The zero-order valence-electron chi connectivity index (χ0n) is 17.4. The minimum absolute atomic E-state index is 0.946. The molecule has 4 nitrogen and oxygen atoms in total. The van der Waals surface area contributed by atoms with E-state index in [2.05, 4.69) is 112 Å². The van der Waals surface area contributed by atoms with E-state index in [1.165, 1.54) is 32.9 Å². The Hall–Kier alpha value is -4.05. The van der Waals surface area contributed by atoms with E-state index < -0.39 is 0 Å². The third-order valence-electron chi connectivity index (χ3n) is 6.51. The van der Waals surface area contributed by atoms with Crippen LogP contribution in [0.1, 0.15) is 5.56 Å². The van der Waals surface area contributed by atoms with Gasteiger partial charge in [-0.2, -0.15) is 0 Å². The standard InChI is InChI=1S/C27H20N4/c1-17-11-13-24-21(15-17)28-27-30(25-9-5-6-10-26(25)31(24)27)18-12-14-23-20(16-18)19-7-3-4-8-22(19)29(23)2/h3-16H,1-2H3. The summed E-state index contributed by atoms with van der Waals surface area (Å²) in [4.78, 5) is 5.06. The molecule has 0 aliphatic rings. The number of benzene rings is 4. The Balaban J connectivity index is 1.64. The lowest BCUT2D eigenvalue weighted by atomic mass is 10.1. The molecule has 0 unspecified atom stereocenters. The average Bonchev–Trinajstić information content (AvgIpc) is 3.41. The molecule has 0 amide bonds. The molecule has 4 aromatic carbocycles. The molecular formula is C27H20N4. The maximum absolute atomic E-state index is 5.06. The topological polar surface area (TPSA) is 27.2 Å². The van der Waals surface area contributed by atoms with Crippen LogP contribution < -0.4 is 0 Å². The van der Waals surface area contributed by atoms with Crippen LogP contribution in [-0.2, 0) is 7.05 Å². The monoisotopic (exact) mass is 400 g/mol. The van der Waals surface area contributed by atoms with Crippen molar-refractivity contribution in [1.29, 1.82) is 0 Å². The minimum atomic E-state index is 0.946. The second kappa shape index (κ2) is 5.76. The fraction of sp³-hybridized carbons (Fsp3) is 0.0741. The molecule has 31 heavy (non-hydrogen) atoms. The van der Waals surface area contributed by atoms with E-state index in [0.29, 0.717) is 0 Å². The summed E-state index contributed by atoms with van der Waals surface area (Å²) < 4.78 is 6.83. The summed E-state index contributed by atoms with van der Waals surface area (Å²) in [6.07, 6.45) is 0. The third kappa shape index (κ3) is 2.11. The van der Waals surface area contributed by atoms with Crippen LogP contribution in [0, 0.1) is 6.92 Å². The van der Waals surface area contributed by atoms with E-state index in [1.807, 2.05) is 0 Å². The van der Waals surface area contributed by atoms with Crippen LogP contribution in [-0.4, -0.2) is 18.5 Å². The molecule has 0 saturated heterocycles. The van der Waals surface area contributed by atoms with E-state index in [-0.39, 0.29) is 0 Å². The Morgan fingerprint density at radius 2 is 1.35 bits per heavy atom. The average molecular weight is 400 g/mol. The van der Waals surface area contributed by atoms with Crippen LogP contribution in [0.3, 0.4) is 0 Å². The second-order valence-electron chi connectivity index (χ2n) is 8.34. The van der Waals surface area contributed by atoms with Gasteiger partial charge in [-0.05, 0) is 61.0 Å². The maximum Gasteiger partial charge on any atom is 0.220 e. The van der Waals surface area contributed by atoms with E-state index in [0.717, 1.165) is 28.0 Å². The highest BCUT2D eigenvalue weighted by Gasteiger charge is 2.18. The fourth-order valence-corrected chi connectivity index (χ4v) is 5.06. The predicted octanol–water partition coefficient (Wildman–Crippen LogP) is 6.38. The smallest absolute Gasteiger partial charge is 0.220 e. The highest BCUT2D eigenvalue weighted by molar-refractivity contribution is 6.09. The van der Waals surface area contributed by atoms with Crippen molar-refractivity contribution >= 4 is 49.7 Å². The van der Waals surface area contributed by atoms with Gasteiger partial charge >= 0.3 is 0 Å². The summed E-state index contributed by atoms with van der Waals surface area (Å²) >= 11 is 0. The van der Waals surface area contributed by atoms with Crippen LogP contribution >= 0.6 is 0 Å². The molecule has 7 aromatic rings. The van der Waals surface area contributed by atoms with Gasteiger partial charge in [0.25, 0.3) is 0 Å². The van der Waals surface area contributed by atoms with E-state index in [9.17, 15) is 0 Å². The number of para-hydroxylation sites is 3. The molecule has 0 N–H and O–H groups in total. The molecule has 3 heterocycles. The summed E-state index contributed by atoms with van der Waals surface area (Å²) in [5, 5.41) is 2.54. The van der Waals surface area contributed by atoms with Gasteiger partial charge in [-0.15, -0.1) is 0 Å². The summed E-state index contributed by atoms with van der Waals surface area (Å²) in [5.41, 5.74) is 9.33. The zero-order chi connectivity index (χ0) is 20.7. The second-order valence-corrected chi connectivity index (χ2v) is 8.34. The first-order chi connectivity index (χ1) is 15.2. The number of rotatable bonds is 1. The van der Waals surface area contributed by atoms with E-state index in [1.54, 1.807) is 0 Å². The Morgan fingerprint density at radius 3 is 2.23 bits per heavy atom. The highest BCUT2D eigenvalue weighted by atomic mass is 15.2. The summed E-state index contributed by atoms with van der Waals surface area (Å²) in [6, 6.07) is 30.4. The number of aryl methyl sites for hydroxylation is 2. The lowest BCUT2D eigenvalue weighted by molar-refractivity contribution is 1.01. The first-order valence-corrected chi connectivity index (χ1v) is 10.6. The number of fused-ring (bicyclic) bond motifs is 8. The zero-order valence-corrected chi connectivity index (χ0v) is 17.4. The van der Waals surface area contributed by atoms with Gasteiger partial charge in [0.05, 0.1) is 22.1 Å². The Kier molecular flexibility index (Phi) is 3.11. The Morgan fingerprint density at radius 1 is 0.645 bits per heavy atom. The summed E-state index contributed by atoms with van der Waals surface area (Å²) in [7, 11) is 2.14. The van der Waals surface area contributed by atoms with Crippen LogP contribution in [0.15, 0.2) is 84.9 Å².